The van der Waals surface area contributed by atoms with Crippen LogP contribution in [0.2, 0.25) is 0 Å². The standard InChI is InChI=1S/C21H24N4O2S/c1-27-18-11-4-3-9-16(18)24-12-7-8-15(14-24)22-20(26)19-17-10-5-6-13-25(17)21(23-19)28-2/h3-6,9-11,13,15H,7-8,12,14H2,1-2H3,(H,22,26). The number of carbonyl (C=O) groups excluding carboxylic acids is 1. The summed E-state index contributed by atoms with van der Waals surface area (Å²) in [6, 6.07) is 13.9. The molecule has 1 aromatic carbocycles. The largest absolute Gasteiger partial charge is 0.495 e. The number of rotatable bonds is 5. The van der Waals surface area contributed by atoms with Gasteiger partial charge in [-0.1, -0.05) is 30.0 Å². The Hall–Kier alpha value is -2.67. The summed E-state index contributed by atoms with van der Waals surface area (Å²) in [6.07, 6.45) is 5.88. The Kier molecular flexibility index (Phi) is 5.43. The molecule has 1 fully saturated rings. The van der Waals surface area contributed by atoms with Gasteiger partial charge in [0.1, 0.15) is 5.75 Å². The van der Waals surface area contributed by atoms with Crippen molar-refractivity contribution in [2.75, 3.05) is 31.4 Å². The van der Waals surface area contributed by atoms with Gasteiger partial charge in [0.25, 0.3) is 5.91 Å². The van der Waals surface area contributed by atoms with E-state index in [0.29, 0.717) is 5.69 Å². The Morgan fingerprint density at radius 2 is 2.07 bits per heavy atom. The quantitative estimate of drug-likeness (QED) is 0.670. The van der Waals surface area contributed by atoms with Crippen molar-refractivity contribution < 1.29 is 9.53 Å². The minimum atomic E-state index is -0.115. The van der Waals surface area contributed by atoms with Gasteiger partial charge in [0.05, 0.1) is 18.3 Å². The number of benzene rings is 1. The average molecular weight is 397 g/mol. The molecule has 6 nitrogen and oxygen atoms in total. The van der Waals surface area contributed by atoms with Gasteiger partial charge in [0.2, 0.25) is 0 Å². The molecule has 146 valence electrons. The van der Waals surface area contributed by atoms with Gasteiger partial charge in [-0.3, -0.25) is 9.20 Å². The SMILES string of the molecule is COc1ccccc1N1CCCC(NC(=O)c2nc(SC)n3ccccc23)C1. The van der Waals surface area contributed by atoms with Crippen LogP contribution in [0.3, 0.4) is 0 Å². The summed E-state index contributed by atoms with van der Waals surface area (Å²) >= 11 is 1.53. The monoisotopic (exact) mass is 396 g/mol. The number of ether oxygens (including phenoxy) is 1. The van der Waals surface area contributed by atoms with Crippen molar-refractivity contribution in [3.63, 3.8) is 0 Å². The van der Waals surface area contributed by atoms with Gasteiger partial charge in [0.15, 0.2) is 10.9 Å². The fourth-order valence-corrected chi connectivity index (χ4v) is 4.32. The topological polar surface area (TPSA) is 58.9 Å². The molecular formula is C21H24N4O2S. The van der Waals surface area contributed by atoms with E-state index in [2.05, 4.69) is 21.3 Å². The van der Waals surface area contributed by atoms with Gasteiger partial charge in [-0.05, 0) is 43.4 Å². The molecule has 0 saturated carbocycles. The highest BCUT2D eigenvalue weighted by atomic mass is 32.2. The van der Waals surface area contributed by atoms with E-state index in [4.69, 9.17) is 4.74 Å². The summed E-state index contributed by atoms with van der Waals surface area (Å²) in [5, 5.41) is 4.01. The summed E-state index contributed by atoms with van der Waals surface area (Å²) in [5.74, 6) is 0.745. The summed E-state index contributed by atoms with van der Waals surface area (Å²) in [5.41, 5.74) is 2.39. The molecule has 1 saturated heterocycles. The highest BCUT2D eigenvalue weighted by Crippen LogP contribution is 2.30. The normalized spacial score (nSPS) is 16.9. The minimum Gasteiger partial charge on any atom is -0.495 e. The van der Waals surface area contributed by atoms with Crippen molar-refractivity contribution in [3.8, 4) is 5.75 Å². The number of hydrogen-bond donors (Lipinski definition) is 1. The Balaban J connectivity index is 1.52. The molecule has 1 amide bonds. The van der Waals surface area contributed by atoms with Crippen molar-refractivity contribution in [2.45, 2.75) is 24.0 Å². The number of nitrogens with zero attached hydrogens (tertiary/aromatic N) is 3. The zero-order valence-corrected chi connectivity index (χ0v) is 16.9. The second-order valence-electron chi connectivity index (χ2n) is 6.83. The number of hydrogen-bond acceptors (Lipinski definition) is 5. The van der Waals surface area contributed by atoms with Crippen LogP contribution >= 0.6 is 11.8 Å². The summed E-state index contributed by atoms with van der Waals surface area (Å²) < 4.78 is 7.46. The molecule has 1 aliphatic rings. The van der Waals surface area contributed by atoms with Crippen LogP contribution in [-0.4, -0.2) is 47.8 Å². The Morgan fingerprint density at radius 1 is 1.25 bits per heavy atom. The number of anilines is 1. The Morgan fingerprint density at radius 3 is 2.89 bits per heavy atom. The lowest BCUT2D eigenvalue weighted by atomic mass is 10.0. The molecule has 2 aromatic heterocycles. The smallest absolute Gasteiger partial charge is 0.272 e. The number of fused-ring (bicyclic) bond motifs is 1. The number of piperidine rings is 1. The number of imidazole rings is 1. The van der Waals surface area contributed by atoms with Crippen LogP contribution in [0.25, 0.3) is 5.52 Å². The van der Waals surface area contributed by atoms with Crippen LogP contribution in [0.1, 0.15) is 23.3 Å². The number of methoxy groups -OCH3 is 1. The molecule has 0 bridgehead atoms. The number of para-hydroxylation sites is 2. The lowest BCUT2D eigenvalue weighted by Gasteiger charge is -2.35. The Bertz CT molecular complexity index is 987. The van der Waals surface area contributed by atoms with E-state index in [9.17, 15) is 4.79 Å². The lowest BCUT2D eigenvalue weighted by Crippen LogP contribution is -2.48. The highest BCUT2D eigenvalue weighted by Gasteiger charge is 2.25. The van der Waals surface area contributed by atoms with Crippen LogP contribution < -0.4 is 15.0 Å². The molecule has 3 aromatic rings. The summed E-state index contributed by atoms with van der Waals surface area (Å²) in [4.78, 5) is 19.8. The molecule has 0 spiro atoms. The van der Waals surface area contributed by atoms with E-state index in [0.717, 1.165) is 48.0 Å². The molecule has 1 atom stereocenters. The fraction of sp³-hybridized carbons (Fsp3) is 0.333. The van der Waals surface area contributed by atoms with Crippen molar-refractivity contribution in [1.82, 2.24) is 14.7 Å². The zero-order valence-electron chi connectivity index (χ0n) is 16.1. The molecule has 1 unspecified atom stereocenters. The molecular weight excluding hydrogens is 372 g/mol. The van der Waals surface area contributed by atoms with E-state index in [-0.39, 0.29) is 11.9 Å². The van der Waals surface area contributed by atoms with Gasteiger partial charge in [-0.15, -0.1) is 0 Å². The van der Waals surface area contributed by atoms with Crippen LogP contribution in [0.5, 0.6) is 5.75 Å². The lowest BCUT2D eigenvalue weighted by molar-refractivity contribution is 0.0930. The number of pyridine rings is 1. The number of nitrogens with one attached hydrogen (secondary N) is 1. The first-order valence-electron chi connectivity index (χ1n) is 9.41. The van der Waals surface area contributed by atoms with Gasteiger partial charge in [0, 0.05) is 25.3 Å². The second kappa shape index (κ2) is 8.14. The summed E-state index contributed by atoms with van der Waals surface area (Å²) in [6.45, 7) is 1.71. The third-order valence-corrected chi connectivity index (χ3v) is 5.75. The molecule has 4 rings (SSSR count). The van der Waals surface area contributed by atoms with E-state index in [1.165, 1.54) is 11.8 Å². The maximum atomic E-state index is 13.0. The molecule has 1 aliphatic heterocycles. The first kappa shape index (κ1) is 18.7. The third kappa shape index (κ3) is 3.54. The first-order valence-corrected chi connectivity index (χ1v) is 10.6. The molecule has 3 heterocycles. The van der Waals surface area contributed by atoms with Crippen LogP contribution in [0, 0.1) is 0 Å². The number of amides is 1. The van der Waals surface area contributed by atoms with Crippen LogP contribution in [0.15, 0.2) is 53.8 Å². The van der Waals surface area contributed by atoms with Crippen molar-refractivity contribution >= 4 is 28.9 Å². The van der Waals surface area contributed by atoms with E-state index >= 15 is 0 Å². The number of thioether (sulfide) groups is 1. The van der Waals surface area contributed by atoms with Crippen LogP contribution in [0.4, 0.5) is 5.69 Å². The van der Waals surface area contributed by atoms with Crippen molar-refractivity contribution in [2.24, 2.45) is 0 Å². The van der Waals surface area contributed by atoms with Gasteiger partial charge >= 0.3 is 0 Å². The van der Waals surface area contributed by atoms with Gasteiger partial charge < -0.3 is 15.0 Å². The molecule has 28 heavy (non-hydrogen) atoms. The predicted molar refractivity (Wildman–Crippen MR) is 113 cm³/mol. The molecule has 0 aliphatic carbocycles. The first-order chi connectivity index (χ1) is 13.7. The zero-order chi connectivity index (χ0) is 19.5. The van der Waals surface area contributed by atoms with Crippen LogP contribution in [-0.2, 0) is 0 Å². The average Bonchev–Trinajstić information content (AvgIpc) is 3.13. The predicted octanol–water partition coefficient (Wildman–Crippen LogP) is 3.46. The second-order valence-corrected chi connectivity index (χ2v) is 7.61. The number of carbonyl (C=O) groups is 1. The fourth-order valence-electron chi connectivity index (χ4n) is 3.78. The van der Waals surface area contributed by atoms with E-state index < -0.39 is 0 Å². The molecule has 0 radical (unpaired) electrons. The number of aromatic nitrogens is 2. The molecule has 7 heteroatoms. The maximum Gasteiger partial charge on any atom is 0.272 e. The maximum absolute atomic E-state index is 13.0. The van der Waals surface area contributed by atoms with Crippen molar-refractivity contribution in [1.29, 1.82) is 0 Å². The van der Waals surface area contributed by atoms with Crippen molar-refractivity contribution in [3.05, 3.63) is 54.4 Å². The van der Waals surface area contributed by atoms with Gasteiger partial charge in [-0.25, -0.2) is 4.98 Å². The summed E-state index contributed by atoms with van der Waals surface area (Å²) in [7, 11) is 1.69. The van der Waals surface area contributed by atoms with Gasteiger partial charge in [-0.2, -0.15) is 0 Å². The molecule has 1 N–H and O–H groups in total. The van der Waals surface area contributed by atoms with E-state index in [1.807, 2.05) is 53.3 Å². The third-order valence-electron chi connectivity index (χ3n) is 5.10. The highest BCUT2D eigenvalue weighted by molar-refractivity contribution is 7.98. The Labute approximate surface area is 168 Å². The van der Waals surface area contributed by atoms with E-state index in [1.54, 1.807) is 7.11 Å². The minimum absolute atomic E-state index is 0.0735.